The highest BCUT2D eigenvalue weighted by Gasteiger charge is 2.20. The average molecular weight is 312 g/mol. The first-order valence-corrected chi connectivity index (χ1v) is 7.82. The molecule has 0 bridgehead atoms. The summed E-state index contributed by atoms with van der Waals surface area (Å²) in [5.74, 6) is 0.476. The Morgan fingerprint density at radius 3 is 2.50 bits per heavy atom. The molecule has 1 N–H and O–H groups in total. The van der Waals surface area contributed by atoms with Gasteiger partial charge in [0.1, 0.15) is 0 Å². The zero-order valence-corrected chi connectivity index (χ0v) is 12.4. The van der Waals surface area contributed by atoms with Gasteiger partial charge in [-0.2, -0.15) is 0 Å². The second-order valence-electron chi connectivity index (χ2n) is 5.39. The van der Waals surface area contributed by atoms with E-state index in [1.807, 2.05) is 6.20 Å². The molecule has 3 heteroatoms. The summed E-state index contributed by atoms with van der Waals surface area (Å²) < 4.78 is 0.991. The number of hydrogen-bond acceptors (Lipinski definition) is 2. The number of aliphatic hydroxyl groups excluding tert-OH is 1. The van der Waals surface area contributed by atoms with Gasteiger partial charge in [0.15, 0.2) is 0 Å². The van der Waals surface area contributed by atoms with Crippen molar-refractivity contribution in [3.63, 3.8) is 0 Å². The maximum atomic E-state index is 10.4. The minimum atomic E-state index is -0.209. The van der Waals surface area contributed by atoms with Crippen molar-refractivity contribution in [2.75, 3.05) is 0 Å². The van der Waals surface area contributed by atoms with Gasteiger partial charge in [-0.3, -0.25) is 4.98 Å². The normalized spacial score (nSPS) is 20.1. The lowest BCUT2D eigenvalue weighted by atomic mass is 9.85. The van der Waals surface area contributed by atoms with Gasteiger partial charge in [0, 0.05) is 23.3 Å². The van der Waals surface area contributed by atoms with Crippen LogP contribution in [0.25, 0.3) is 0 Å². The van der Waals surface area contributed by atoms with Gasteiger partial charge in [-0.1, -0.05) is 32.1 Å². The Kier molecular flexibility index (Phi) is 5.64. The summed E-state index contributed by atoms with van der Waals surface area (Å²) in [4.78, 5) is 4.16. The van der Waals surface area contributed by atoms with Crippen molar-refractivity contribution < 1.29 is 5.11 Å². The van der Waals surface area contributed by atoms with E-state index in [-0.39, 0.29) is 6.10 Å². The van der Waals surface area contributed by atoms with Crippen LogP contribution in [0.3, 0.4) is 0 Å². The van der Waals surface area contributed by atoms with Crippen LogP contribution in [0.1, 0.15) is 50.5 Å². The standard InChI is InChI=1S/C15H22BrNO/c16-14-8-12(10-17-11-14)9-15(18)13-6-4-2-1-3-5-7-13/h8,10-11,13,15,18H,1-7,9H2. The molecular formula is C15H22BrNO. The van der Waals surface area contributed by atoms with Crippen molar-refractivity contribution in [2.45, 2.75) is 57.5 Å². The topological polar surface area (TPSA) is 33.1 Å². The molecule has 0 aliphatic heterocycles. The van der Waals surface area contributed by atoms with E-state index in [0.717, 1.165) is 16.5 Å². The van der Waals surface area contributed by atoms with Crippen LogP contribution in [0.5, 0.6) is 0 Å². The summed E-state index contributed by atoms with van der Waals surface area (Å²) >= 11 is 3.43. The number of aliphatic hydroxyl groups is 1. The molecule has 100 valence electrons. The van der Waals surface area contributed by atoms with Gasteiger partial charge in [0.05, 0.1) is 6.10 Å². The molecule has 1 unspecified atom stereocenters. The van der Waals surface area contributed by atoms with E-state index in [1.165, 1.54) is 44.9 Å². The molecule has 0 radical (unpaired) electrons. The Morgan fingerprint density at radius 1 is 1.17 bits per heavy atom. The fourth-order valence-electron chi connectivity index (χ4n) is 2.85. The molecule has 1 aromatic rings. The lowest BCUT2D eigenvalue weighted by molar-refractivity contribution is 0.0912. The molecule has 1 fully saturated rings. The van der Waals surface area contributed by atoms with Crippen molar-refractivity contribution in [1.29, 1.82) is 0 Å². The second kappa shape index (κ2) is 7.25. The SMILES string of the molecule is OC(Cc1cncc(Br)c1)C1CCCCCCC1. The number of pyridine rings is 1. The van der Waals surface area contributed by atoms with Gasteiger partial charge >= 0.3 is 0 Å². The number of aromatic nitrogens is 1. The van der Waals surface area contributed by atoms with E-state index in [9.17, 15) is 5.11 Å². The lowest BCUT2D eigenvalue weighted by Gasteiger charge is -2.24. The van der Waals surface area contributed by atoms with Crippen LogP contribution < -0.4 is 0 Å². The molecule has 0 spiro atoms. The van der Waals surface area contributed by atoms with Gasteiger partial charge in [-0.25, -0.2) is 0 Å². The number of halogens is 1. The number of rotatable bonds is 3. The third-order valence-corrected chi connectivity index (χ3v) is 4.33. The summed E-state index contributed by atoms with van der Waals surface area (Å²) in [6, 6.07) is 2.05. The highest BCUT2D eigenvalue weighted by atomic mass is 79.9. The Hall–Kier alpha value is -0.410. The quantitative estimate of drug-likeness (QED) is 0.911. The van der Waals surface area contributed by atoms with Crippen molar-refractivity contribution in [2.24, 2.45) is 5.92 Å². The lowest BCUT2D eigenvalue weighted by Crippen LogP contribution is -2.23. The van der Waals surface area contributed by atoms with Crippen LogP contribution in [-0.4, -0.2) is 16.2 Å². The zero-order chi connectivity index (χ0) is 12.8. The summed E-state index contributed by atoms with van der Waals surface area (Å²) in [5, 5.41) is 10.4. The summed E-state index contributed by atoms with van der Waals surface area (Å²) in [6.07, 6.45) is 13.1. The van der Waals surface area contributed by atoms with E-state index >= 15 is 0 Å². The number of hydrogen-bond donors (Lipinski definition) is 1. The fraction of sp³-hybridized carbons (Fsp3) is 0.667. The minimum Gasteiger partial charge on any atom is -0.392 e. The van der Waals surface area contributed by atoms with Gasteiger partial charge in [-0.05, 0) is 46.3 Å². The zero-order valence-electron chi connectivity index (χ0n) is 10.8. The fourth-order valence-corrected chi connectivity index (χ4v) is 3.26. The highest BCUT2D eigenvalue weighted by molar-refractivity contribution is 9.10. The summed E-state index contributed by atoms with van der Waals surface area (Å²) in [5.41, 5.74) is 1.12. The Morgan fingerprint density at radius 2 is 1.83 bits per heavy atom. The molecule has 0 amide bonds. The van der Waals surface area contributed by atoms with E-state index < -0.39 is 0 Å². The van der Waals surface area contributed by atoms with Gasteiger partial charge in [-0.15, -0.1) is 0 Å². The third kappa shape index (κ3) is 4.36. The van der Waals surface area contributed by atoms with E-state index in [0.29, 0.717) is 5.92 Å². The van der Waals surface area contributed by atoms with Crippen molar-refractivity contribution in [3.05, 3.63) is 28.5 Å². The summed E-state index contributed by atoms with van der Waals surface area (Å²) in [7, 11) is 0. The maximum absolute atomic E-state index is 10.4. The van der Waals surface area contributed by atoms with Crippen molar-refractivity contribution >= 4 is 15.9 Å². The predicted molar refractivity (Wildman–Crippen MR) is 77.5 cm³/mol. The Balaban J connectivity index is 1.91. The molecule has 2 rings (SSSR count). The van der Waals surface area contributed by atoms with Crippen LogP contribution in [0.2, 0.25) is 0 Å². The molecule has 0 aromatic carbocycles. The molecule has 0 saturated heterocycles. The molecule has 2 nitrogen and oxygen atoms in total. The highest BCUT2D eigenvalue weighted by Crippen LogP contribution is 2.26. The van der Waals surface area contributed by atoms with Gasteiger partial charge < -0.3 is 5.11 Å². The molecule has 18 heavy (non-hydrogen) atoms. The molecule has 1 aromatic heterocycles. The first kappa shape index (κ1) is 14.0. The average Bonchev–Trinajstić information content (AvgIpc) is 2.28. The maximum Gasteiger partial charge on any atom is 0.0609 e. The van der Waals surface area contributed by atoms with E-state index in [1.54, 1.807) is 6.20 Å². The van der Waals surface area contributed by atoms with Crippen molar-refractivity contribution in [3.8, 4) is 0 Å². The third-order valence-electron chi connectivity index (χ3n) is 3.90. The van der Waals surface area contributed by atoms with E-state index in [4.69, 9.17) is 0 Å². The largest absolute Gasteiger partial charge is 0.392 e. The van der Waals surface area contributed by atoms with Crippen LogP contribution in [0.15, 0.2) is 22.9 Å². The predicted octanol–water partition coefficient (Wildman–Crippen LogP) is 4.11. The number of nitrogens with zero attached hydrogens (tertiary/aromatic N) is 1. The first-order chi connectivity index (χ1) is 8.75. The molecular weight excluding hydrogens is 290 g/mol. The van der Waals surface area contributed by atoms with Gasteiger partial charge in [0.2, 0.25) is 0 Å². The second-order valence-corrected chi connectivity index (χ2v) is 6.30. The monoisotopic (exact) mass is 311 g/mol. The Labute approximate surface area is 118 Å². The molecule has 1 heterocycles. The molecule has 1 saturated carbocycles. The smallest absolute Gasteiger partial charge is 0.0609 e. The molecule has 1 aliphatic carbocycles. The van der Waals surface area contributed by atoms with Crippen LogP contribution in [0.4, 0.5) is 0 Å². The summed E-state index contributed by atoms with van der Waals surface area (Å²) in [6.45, 7) is 0. The minimum absolute atomic E-state index is 0.209. The van der Waals surface area contributed by atoms with Crippen LogP contribution in [-0.2, 0) is 6.42 Å². The first-order valence-electron chi connectivity index (χ1n) is 7.03. The Bertz CT molecular complexity index is 361. The van der Waals surface area contributed by atoms with Gasteiger partial charge in [0.25, 0.3) is 0 Å². The van der Waals surface area contributed by atoms with Crippen LogP contribution in [0, 0.1) is 5.92 Å². The van der Waals surface area contributed by atoms with E-state index in [2.05, 4.69) is 27.0 Å². The van der Waals surface area contributed by atoms with Crippen molar-refractivity contribution in [1.82, 2.24) is 4.98 Å². The molecule has 1 aliphatic rings. The molecule has 1 atom stereocenters. The van der Waals surface area contributed by atoms with Crippen LogP contribution >= 0.6 is 15.9 Å².